The van der Waals surface area contributed by atoms with E-state index in [1.54, 1.807) is 213 Å². The first-order valence-electron chi connectivity index (χ1n) is 45.4. The molecule has 0 atom stereocenters. The summed E-state index contributed by atoms with van der Waals surface area (Å²) < 4.78 is 91.4. The molecule has 0 N–H and O–H groups in total. The maximum Gasteiger partial charge on any atom is 0.417 e. The minimum absolute atomic E-state index is 0.0242. The quantitative estimate of drug-likeness (QED) is 0.0507. The van der Waals surface area contributed by atoms with Gasteiger partial charge in [0.25, 0.3) is 10.0 Å². The van der Waals surface area contributed by atoms with Gasteiger partial charge in [-0.1, -0.05) is 158 Å². The molecule has 0 aliphatic rings. The van der Waals surface area contributed by atoms with Crippen LogP contribution < -0.4 is 29.4 Å². The molecule has 0 aliphatic heterocycles. The number of pyridine rings is 6. The van der Waals surface area contributed by atoms with Crippen LogP contribution in [0.5, 0.6) is 0 Å². The molecule has 15 aromatic rings. The van der Waals surface area contributed by atoms with Crippen LogP contribution in [0.15, 0.2) is 268 Å². The summed E-state index contributed by atoms with van der Waals surface area (Å²) in [5.41, 5.74) is 9.78. The highest BCUT2D eigenvalue weighted by Gasteiger charge is 2.37. The maximum absolute atomic E-state index is 13.4. The number of carbonyl (C=O) groups excluding carboxylic acids is 7. The zero-order valence-electron chi connectivity index (χ0n) is 83.7. The van der Waals surface area contributed by atoms with Crippen molar-refractivity contribution in [2.75, 3.05) is 96.6 Å². The minimum atomic E-state index is -4.00. The van der Waals surface area contributed by atoms with Gasteiger partial charge in [0, 0.05) is 110 Å². The molecule has 0 aliphatic carbocycles. The fourth-order valence-electron chi connectivity index (χ4n) is 13.8. The van der Waals surface area contributed by atoms with Crippen molar-refractivity contribution in [2.45, 2.75) is 101 Å². The number of hydrogen-bond acceptors (Lipinski definition) is 25. The van der Waals surface area contributed by atoms with E-state index in [4.69, 9.17) is 63.4 Å². The van der Waals surface area contributed by atoms with Crippen molar-refractivity contribution in [3.63, 3.8) is 0 Å². The molecule has 3 aromatic carbocycles. The Balaban J connectivity index is 0.000000182. The first kappa shape index (κ1) is 114. The van der Waals surface area contributed by atoms with Crippen molar-refractivity contribution in [2.24, 2.45) is 5.41 Å². The van der Waals surface area contributed by atoms with E-state index >= 15 is 0 Å². The number of halogens is 6. The molecule has 0 bridgehead atoms. The normalized spacial score (nSPS) is 10.9. The van der Waals surface area contributed by atoms with Crippen molar-refractivity contribution >= 4 is 160 Å². The number of aromatic nitrogens is 18. The van der Waals surface area contributed by atoms with Crippen molar-refractivity contribution in [1.29, 1.82) is 0 Å². The Morgan fingerprint density at radius 1 is 0.392 bits per heavy atom. The fourth-order valence-corrected chi connectivity index (χ4v) is 17.3. The highest BCUT2D eigenvalue weighted by atomic mass is 35.5. The molecule has 0 radical (unpaired) electrons. The maximum atomic E-state index is 13.4. The molecule has 12 heterocycles. The van der Waals surface area contributed by atoms with Crippen molar-refractivity contribution in [1.82, 2.24) is 107 Å². The van der Waals surface area contributed by atoms with E-state index in [0.717, 1.165) is 68.9 Å². The van der Waals surface area contributed by atoms with Crippen LogP contribution in [0.1, 0.15) is 91.8 Å². The lowest BCUT2D eigenvalue weighted by Gasteiger charge is -2.30. The van der Waals surface area contributed by atoms with Gasteiger partial charge in [-0.15, -0.1) is 0 Å². The smallest absolute Gasteiger partial charge is 0.417 e. The second kappa shape index (κ2) is 52.4. The number of carbonyl (C=O) groups is 7. The number of anilines is 6. The molecule has 11 amide bonds. The molecule has 0 spiro atoms. The van der Waals surface area contributed by atoms with Crippen LogP contribution in [-0.2, 0) is 47.5 Å². The zero-order valence-corrected chi connectivity index (χ0v) is 89.2. The predicted molar refractivity (Wildman–Crippen MR) is 566 cm³/mol. The molecule has 0 saturated heterocycles. The summed E-state index contributed by atoms with van der Waals surface area (Å²) in [6.07, 6.45) is 28.5. The van der Waals surface area contributed by atoms with E-state index in [1.165, 1.54) is 109 Å². The molecule has 15 rings (SSSR count). The lowest BCUT2D eigenvalue weighted by Crippen LogP contribution is -2.48. The molecule has 12 aromatic heterocycles. The molecular formula is C99H108Cl4F2N28O12S3. The third kappa shape index (κ3) is 29.6. The number of aryl methyl sites for hydroxylation is 2. The number of rotatable bonds is 24. The Kier molecular flexibility index (Phi) is 40.4. The number of thiocarbonyl (C=S) groups is 1. The highest BCUT2D eigenvalue weighted by Crippen LogP contribution is 2.34. The second-order valence-corrected chi connectivity index (χ2v) is 38.6. The molecule has 776 valence electrons. The van der Waals surface area contributed by atoms with Gasteiger partial charge >= 0.3 is 30.2 Å². The number of urea groups is 4. The van der Waals surface area contributed by atoms with Gasteiger partial charge in [0.2, 0.25) is 21.8 Å². The fraction of sp³-hybridized carbons (Fsp3) is 0.253. The van der Waals surface area contributed by atoms with Crippen molar-refractivity contribution in [3.8, 4) is 34.1 Å². The summed E-state index contributed by atoms with van der Waals surface area (Å²) in [7, 11) is -1.70. The molecule has 148 heavy (non-hydrogen) atoms. The third-order valence-electron chi connectivity index (χ3n) is 21.4. The van der Waals surface area contributed by atoms with Crippen LogP contribution in [-0.4, -0.2) is 238 Å². The largest absolute Gasteiger partial charge is 0.449 e. The van der Waals surface area contributed by atoms with Gasteiger partial charge in [0.05, 0.1) is 173 Å². The molecule has 49 heteroatoms. The third-order valence-corrected chi connectivity index (χ3v) is 25.8. The standard InChI is InChI=1S/C18H18ClN5O3S.C18H17FN4O.C18H17FN4S.C17H22ClN5O2.C15H18ClN5O3.C13H16ClN5O3S/c1-3-24(28(26,27)15-9-5-4-6-10-15)18(25)22(2)16-13-23(21-17(16)19)14-8-7-11-20-12-14;2*1-13-18(12-23(21-13)17-8-16(19)9-20-10-17)22(14(2)24)11-15-6-4-3-5-7-15;1-6-22(15(24)17(2,3)4)16(25)21(5)13-11-23(20-14(13)18)12-8-7-9-19-10-12;1-4-20(15(23)24-5-2)14(22)19(3)12-10-21(18-13(12)16)11-7-6-8-17-9-11;1-4-19(23(3,21)22)13(20)17(2)11-9-18(16-12(11)14)10-6-5-7-15-8-10/h4-13H,3H2,1-2H3;2*3-10,12H,11H2,1-2H3;7-11H,6H2,1-5H3;6-10H,4-5H2,1-3H3;5-9H,4H2,1-3H3. The van der Waals surface area contributed by atoms with E-state index in [9.17, 15) is 59.2 Å². The van der Waals surface area contributed by atoms with Crippen LogP contribution in [0.3, 0.4) is 0 Å². The topological polar surface area (TPSA) is 414 Å². The van der Waals surface area contributed by atoms with Crippen LogP contribution >= 0.6 is 58.6 Å². The number of imide groups is 2. The Hall–Kier alpha value is -15.7. The van der Waals surface area contributed by atoms with Gasteiger partial charge in [-0.3, -0.25) is 64.0 Å². The number of hydrogen-bond donors (Lipinski definition) is 0. The molecule has 40 nitrogen and oxygen atoms in total. The van der Waals surface area contributed by atoms with Gasteiger partial charge < -0.3 is 14.5 Å². The van der Waals surface area contributed by atoms with Gasteiger partial charge in [0.1, 0.15) is 34.4 Å². The van der Waals surface area contributed by atoms with Gasteiger partial charge in [-0.25, -0.2) is 91.2 Å². The summed E-state index contributed by atoms with van der Waals surface area (Å²) >= 11 is 30.0. The number of ether oxygens (including phenoxy) is 1. The Morgan fingerprint density at radius 3 is 1.01 bits per heavy atom. The van der Waals surface area contributed by atoms with Crippen LogP contribution in [0.25, 0.3) is 34.1 Å². The van der Waals surface area contributed by atoms with E-state index in [2.05, 4.69) is 72.6 Å². The Morgan fingerprint density at radius 2 is 0.703 bits per heavy atom. The van der Waals surface area contributed by atoms with Crippen LogP contribution in [0, 0.1) is 30.9 Å². The summed E-state index contributed by atoms with van der Waals surface area (Å²) in [6.45, 7) is 22.5. The van der Waals surface area contributed by atoms with Gasteiger partial charge in [-0.2, -0.15) is 30.6 Å². The number of benzene rings is 3. The van der Waals surface area contributed by atoms with Crippen LogP contribution in [0.2, 0.25) is 20.6 Å². The first-order chi connectivity index (χ1) is 70.3. The van der Waals surface area contributed by atoms with Crippen LogP contribution in [0.4, 0.5) is 66.9 Å². The van der Waals surface area contributed by atoms with Crippen molar-refractivity contribution < 1.29 is 63.9 Å². The molecule has 0 saturated carbocycles. The summed E-state index contributed by atoms with van der Waals surface area (Å²) in [5, 5.41) is 26.0. The molecular weight excluding hydrogens is 2050 g/mol. The Labute approximate surface area is 880 Å². The average Bonchev–Trinajstić information content (AvgIpc) is 1.29. The lowest BCUT2D eigenvalue weighted by atomic mass is 9.95. The van der Waals surface area contributed by atoms with Gasteiger partial charge in [-0.05, 0) is 127 Å². The predicted octanol–water partition coefficient (Wildman–Crippen LogP) is 18.6. The number of sulfonamides is 2. The van der Waals surface area contributed by atoms with E-state index in [1.807, 2.05) is 86.5 Å². The zero-order chi connectivity index (χ0) is 108. The number of amides is 11. The van der Waals surface area contributed by atoms with Crippen molar-refractivity contribution in [3.05, 3.63) is 318 Å². The summed E-state index contributed by atoms with van der Waals surface area (Å²) in [6, 6.07) is 42.1. The average molecular weight is 2160 g/mol. The second-order valence-electron chi connectivity index (χ2n) is 32.9. The van der Waals surface area contributed by atoms with E-state index < -0.39 is 67.3 Å². The molecule has 0 unspecified atom stereocenters. The summed E-state index contributed by atoms with van der Waals surface area (Å²) in [4.78, 5) is 122. The lowest BCUT2D eigenvalue weighted by molar-refractivity contribution is -0.136. The monoisotopic (exact) mass is 2150 g/mol. The Bertz CT molecular complexity index is 7170. The van der Waals surface area contributed by atoms with E-state index in [-0.39, 0.29) is 75.8 Å². The first-order valence-corrected chi connectivity index (χ1v) is 50.6. The SMILES string of the molecule is CC(=O)N(Cc1ccccc1)c1cn(-c2cncc(F)c2)nc1C.CC(=S)N(Cc1ccccc1)c1cn(-c2cncc(F)c2)nc1C.CCN(C(=O)N(C)c1cn(-c2cccnc2)nc1Cl)C(=O)C(C)(C)C.CCN(C(=O)N(C)c1cn(-c2cccnc2)nc1Cl)S(=O)(=O)c1ccccc1.CCN(C(=O)N(C)c1cn(-c2cccnc2)nc1Cl)S(C)(=O)=O.CCOC(=O)N(CC)C(=O)N(C)c1cn(-c2cccnc2)nc1Cl. The van der Waals surface area contributed by atoms with E-state index in [0.29, 0.717) is 70.0 Å². The highest BCUT2D eigenvalue weighted by molar-refractivity contribution is 7.89. The van der Waals surface area contributed by atoms with Gasteiger partial charge in [0.15, 0.2) is 20.6 Å². The molecule has 0 fully saturated rings. The minimum Gasteiger partial charge on any atom is -0.449 e. The summed E-state index contributed by atoms with van der Waals surface area (Å²) in [5.74, 6) is -1.16. The number of nitrogens with zero attached hydrogens (tertiary/aromatic N) is 28.